The standard InChI is InChI=1S/C17H23ClN4O3S/c1-12(2)21-26(24,25)14-5-6-16(18)15(9-14)17(23)19-7-4-8-22-11-13(3)10-20-22/h5-6,9-12,21H,4,7-8H2,1-3H3,(H,19,23). The molecule has 0 aliphatic rings. The molecule has 1 aromatic carbocycles. The van der Waals surface area contributed by atoms with Gasteiger partial charge in [0.15, 0.2) is 0 Å². The third-order valence-corrected chi connectivity index (χ3v) is 5.48. The van der Waals surface area contributed by atoms with Gasteiger partial charge in [-0.25, -0.2) is 13.1 Å². The Bertz CT molecular complexity index is 878. The largest absolute Gasteiger partial charge is 0.352 e. The van der Waals surface area contributed by atoms with Crippen molar-refractivity contribution in [2.45, 2.75) is 44.7 Å². The van der Waals surface area contributed by atoms with Gasteiger partial charge >= 0.3 is 0 Å². The maximum atomic E-state index is 12.3. The number of rotatable bonds is 8. The monoisotopic (exact) mass is 398 g/mol. The summed E-state index contributed by atoms with van der Waals surface area (Å²) in [5, 5.41) is 7.14. The predicted molar refractivity (Wildman–Crippen MR) is 101 cm³/mol. The van der Waals surface area contributed by atoms with E-state index < -0.39 is 15.9 Å². The van der Waals surface area contributed by atoms with Crippen molar-refractivity contribution in [3.8, 4) is 0 Å². The fraction of sp³-hybridized carbons (Fsp3) is 0.412. The van der Waals surface area contributed by atoms with Gasteiger partial charge in [-0.1, -0.05) is 11.6 Å². The van der Waals surface area contributed by atoms with Crippen molar-refractivity contribution >= 4 is 27.5 Å². The number of hydrogen-bond acceptors (Lipinski definition) is 4. The summed E-state index contributed by atoms with van der Waals surface area (Å²) in [5.41, 5.74) is 1.21. The number of aryl methyl sites for hydroxylation is 2. The van der Waals surface area contributed by atoms with Crippen molar-refractivity contribution in [2.75, 3.05) is 6.54 Å². The summed E-state index contributed by atoms with van der Waals surface area (Å²) in [5.74, 6) is -0.409. The van der Waals surface area contributed by atoms with Crippen LogP contribution in [0.3, 0.4) is 0 Å². The summed E-state index contributed by atoms with van der Waals surface area (Å²) in [6, 6.07) is 3.83. The summed E-state index contributed by atoms with van der Waals surface area (Å²) in [6.07, 6.45) is 4.39. The normalized spacial score (nSPS) is 11.7. The van der Waals surface area contributed by atoms with Gasteiger partial charge in [0.05, 0.1) is 21.7 Å². The van der Waals surface area contributed by atoms with Crippen molar-refractivity contribution in [1.29, 1.82) is 0 Å². The van der Waals surface area contributed by atoms with E-state index in [4.69, 9.17) is 11.6 Å². The summed E-state index contributed by atoms with van der Waals surface area (Å²) in [7, 11) is -3.69. The van der Waals surface area contributed by atoms with Crippen molar-refractivity contribution in [2.24, 2.45) is 0 Å². The lowest BCUT2D eigenvalue weighted by atomic mass is 10.2. The van der Waals surface area contributed by atoms with Crippen LogP contribution in [0.5, 0.6) is 0 Å². The van der Waals surface area contributed by atoms with E-state index in [9.17, 15) is 13.2 Å². The first kappa shape index (κ1) is 20.4. The second kappa shape index (κ2) is 8.66. The van der Waals surface area contributed by atoms with Gasteiger partial charge in [-0.2, -0.15) is 5.10 Å². The number of carbonyl (C=O) groups excluding carboxylic acids is 1. The summed E-state index contributed by atoms with van der Waals surface area (Å²) < 4.78 is 28.8. The quantitative estimate of drug-likeness (QED) is 0.667. The molecule has 7 nitrogen and oxygen atoms in total. The van der Waals surface area contributed by atoms with Crippen molar-refractivity contribution in [3.63, 3.8) is 0 Å². The minimum absolute atomic E-state index is 0.00719. The molecule has 1 heterocycles. The number of halogens is 1. The van der Waals surface area contributed by atoms with E-state index in [-0.39, 0.29) is 21.5 Å². The Morgan fingerprint density at radius 1 is 1.35 bits per heavy atom. The van der Waals surface area contributed by atoms with Crippen LogP contribution < -0.4 is 10.0 Å². The zero-order chi connectivity index (χ0) is 19.3. The third-order valence-electron chi connectivity index (χ3n) is 3.50. The van der Waals surface area contributed by atoms with Gasteiger partial charge < -0.3 is 5.32 Å². The highest BCUT2D eigenvalue weighted by Crippen LogP contribution is 2.20. The molecular weight excluding hydrogens is 376 g/mol. The van der Waals surface area contributed by atoms with Crippen molar-refractivity contribution in [3.05, 3.63) is 46.7 Å². The molecule has 0 fully saturated rings. The van der Waals surface area contributed by atoms with Gasteiger partial charge in [0, 0.05) is 25.3 Å². The van der Waals surface area contributed by atoms with Crippen molar-refractivity contribution in [1.82, 2.24) is 19.8 Å². The minimum atomic E-state index is -3.69. The smallest absolute Gasteiger partial charge is 0.252 e. The summed E-state index contributed by atoms with van der Waals surface area (Å²) in [6.45, 7) is 6.51. The minimum Gasteiger partial charge on any atom is -0.352 e. The van der Waals surface area contributed by atoms with Gasteiger partial charge in [0.2, 0.25) is 10.0 Å². The number of aromatic nitrogens is 2. The molecule has 9 heteroatoms. The molecule has 0 aliphatic heterocycles. The Labute approximate surface area is 158 Å². The molecule has 142 valence electrons. The average molecular weight is 399 g/mol. The molecule has 0 aliphatic carbocycles. The second-order valence-electron chi connectivity index (χ2n) is 6.31. The zero-order valence-corrected chi connectivity index (χ0v) is 16.6. The summed E-state index contributed by atoms with van der Waals surface area (Å²) in [4.78, 5) is 12.4. The molecule has 0 saturated heterocycles. The van der Waals surface area contributed by atoms with Crippen LogP contribution in [0.4, 0.5) is 0 Å². The highest BCUT2D eigenvalue weighted by atomic mass is 35.5. The van der Waals surface area contributed by atoms with Crippen LogP contribution in [0.2, 0.25) is 5.02 Å². The molecule has 0 saturated carbocycles. The van der Waals surface area contributed by atoms with E-state index in [1.165, 1.54) is 18.2 Å². The maximum Gasteiger partial charge on any atom is 0.252 e. The third kappa shape index (κ3) is 5.55. The first-order chi connectivity index (χ1) is 12.2. The van der Waals surface area contributed by atoms with E-state index in [2.05, 4.69) is 15.1 Å². The Hall–Kier alpha value is -1.90. The average Bonchev–Trinajstić information content (AvgIpc) is 2.95. The Morgan fingerprint density at radius 2 is 2.08 bits per heavy atom. The van der Waals surface area contributed by atoms with Gasteiger partial charge in [0.25, 0.3) is 5.91 Å². The SMILES string of the molecule is Cc1cnn(CCCNC(=O)c2cc(S(=O)(=O)NC(C)C)ccc2Cl)c1. The van der Waals surface area contributed by atoms with E-state index in [1.54, 1.807) is 24.7 Å². The Morgan fingerprint density at radius 3 is 2.69 bits per heavy atom. The highest BCUT2D eigenvalue weighted by molar-refractivity contribution is 7.89. The van der Waals surface area contributed by atoms with E-state index in [0.717, 1.165) is 5.56 Å². The lowest BCUT2D eigenvalue weighted by molar-refractivity contribution is 0.0952. The molecule has 1 amide bonds. The van der Waals surface area contributed by atoms with E-state index in [0.29, 0.717) is 19.5 Å². The van der Waals surface area contributed by atoms with E-state index in [1.807, 2.05) is 13.1 Å². The molecule has 0 atom stereocenters. The topological polar surface area (TPSA) is 93.1 Å². The molecule has 26 heavy (non-hydrogen) atoms. The molecule has 0 radical (unpaired) electrons. The lowest BCUT2D eigenvalue weighted by Gasteiger charge is -2.12. The molecule has 0 bridgehead atoms. The van der Waals surface area contributed by atoms with Gasteiger partial charge in [-0.3, -0.25) is 9.48 Å². The molecule has 2 rings (SSSR count). The first-order valence-corrected chi connectivity index (χ1v) is 10.1. The number of sulfonamides is 1. The number of nitrogens with one attached hydrogen (secondary N) is 2. The van der Waals surface area contributed by atoms with Crippen LogP contribution in [0.25, 0.3) is 0 Å². The van der Waals surface area contributed by atoms with Crippen LogP contribution in [0, 0.1) is 6.92 Å². The molecule has 1 aromatic heterocycles. The second-order valence-corrected chi connectivity index (χ2v) is 8.43. The number of benzene rings is 1. The Balaban J connectivity index is 2.00. The van der Waals surface area contributed by atoms with Crippen LogP contribution in [0.1, 0.15) is 36.2 Å². The summed E-state index contributed by atoms with van der Waals surface area (Å²) >= 11 is 6.07. The molecular formula is C17H23ClN4O3S. The van der Waals surface area contributed by atoms with Gasteiger partial charge in [0.1, 0.15) is 0 Å². The molecule has 0 unspecified atom stereocenters. The van der Waals surface area contributed by atoms with Crippen molar-refractivity contribution < 1.29 is 13.2 Å². The number of amides is 1. The van der Waals surface area contributed by atoms with Crippen LogP contribution in [0.15, 0.2) is 35.5 Å². The number of carbonyl (C=O) groups is 1. The number of nitrogens with zero attached hydrogens (tertiary/aromatic N) is 2. The lowest BCUT2D eigenvalue weighted by Crippen LogP contribution is -2.31. The first-order valence-electron chi connectivity index (χ1n) is 8.28. The fourth-order valence-electron chi connectivity index (χ4n) is 2.35. The van der Waals surface area contributed by atoms with Gasteiger partial charge in [-0.05, 0) is 51.0 Å². The molecule has 2 N–H and O–H groups in total. The predicted octanol–water partition coefficient (Wildman–Crippen LogP) is 2.35. The van der Waals surface area contributed by atoms with Crippen LogP contribution in [-0.4, -0.2) is 36.7 Å². The van der Waals surface area contributed by atoms with E-state index >= 15 is 0 Å². The van der Waals surface area contributed by atoms with Crippen LogP contribution in [-0.2, 0) is 16.6 Å². The Kier molecular flexibility index (Phi) is 6.80. The zero-order valence-electron chi connectivity index (χ0n) is 15.0. The fourth-order valence-corrected chi connectivity index (χ4v) is 3.83. The molecule has 0 spiro atoms. The molecule has 2 aromatic rings. The number of hydrogen-bond donors (Lipinski definition) is 2. The van der Waals surface area contributed by atoms with Gasteiger partial charge in [-0.15, -0.1) is 0 Å². The highest BCUT2D eigenvalue weighted by Gasteiger charge is 2.19. The van der Waals surface area contributed by atoms with Crippen LogP contribution >= 0.6 is 11.6 Å². The maximum absolute atomic E-state index is 12.3.